The van der Waals surface area contributed by atoms with Crippen LogP contribution in [0.4, 0.5) is 0 Å². The third-order valence-corrected chi connectivity index (χ3v) is 2.28. The number of Topliss-reactive ketones (excluding diaryl/α,β-unsaturated/α-hetero) is 1. The Hall–Kier alpha value is -1.29. The van der Waals surface area contributed by atoms with Gasteiger partial charge in [-0.15, -0.1) is 6.42 Å². The monoisotopic (exact) mass is 174 g/mol. The van der Waals surface area contributed by atoms with Crippen LogP contribution in [0.3, 0.4) is 0 Å². The highest BCUT2D eigenvalue weighted by Crippen LogP contribution is 2.24. The molecule has 68 valence electrons. The van der Waals surface area contributed by atoms with Crippen molar-refractivity contribution in [1.29, 1.82) is 0 Å². The maximum atomic E-state index is 11.5. The number of rotatable bonds is 1. The van der Waals surface area contributed by atoms with Crippen molar-refractivity contribution in [3.8, 4) is 12.3 Å². The summed E-state index contributed by atoms with van der Waals surface area (Å²) in [6, 6.07) is 0. The average Bonchev–Trinajstić information content (AvgIpc) is 2.03. The van der Waals surface area contributed by atoms with E-state index < -0.39 is 0 Å². The first-order chi connectivity index (χ1) is 6.06. The first kappa shape index (κ1) is 9.80. The highest BCUT2D eigenvalue weighted by Gasteiger charge is 2.19. The molecule has 0 atom stereocenters. The predicted octanol–water partition coefficient (Wildman–Crippen LogP) is 2.49. The summed E-state index contributed by atoms with van der Waals surface area (Å²) in [7, 11) is 0. The van der Waals surface area contributed by atoms with E-state index in [1.54, 1.807) is 0 Å². The quantitative estimate of drug-likeness (QED) is 0.558. The second-order valence-electron chi connectivity index (χ2n) is 3.69. The van der Waals surface area contributed by atoms with Gasteiger partial charge < -0.3 is 0 Å². The Labute approximate surface area is 79.5 Å². The number of terminal acetylenes is 1. The van der Waals surface area contributed by atoms with Crippen molar-refractivity contribution in [2.75, 3.05) is 0 Å². The van der Waals surface area contributed by atoms with Crippen LogP contribution in [0, 0.1) is 18.3 Å². The summed E-state index contributed by atoms with van der Waals surface area (Å²) in [5.74, 6) is 3.09. The predicted molar refractivity (Wildman–Crippen MR) is 54.1 cm³/mol. The van der Waals surface area contributed by atoms with Crippen LogP contribution in [-0.2, 0) is 4.79 Å². The van der Waals surface area contributed by atoms with Gasteiger partial charge in [0, 0.05) is 12.0 Å². The van der Waals surface area contributed by atoms with E-state index in [0.29, 0.717) is 6.42 Å². The Morgan fingerprint density at radius 3 is 2.62 bits per heavy atom. The van der Waals surface area contributed by atoms with Crippen LogP contribution < -0.4 is 0 Å². The summed E-state index contributed by atoms with van der Waals surface area (Å²) < 4.78 is 0. The molecule has 1 aliphatic rings. The van der Waals surface area contributed by atoms with Gasteiger partial charge >= 0.3 is 0 Å². The fourth-order valence-corrected chi connectivity index (χ4v) is 1.45. The average molecular weight is 174 g/mol. The smallest absolute Gasteiger partial charge is 0.163 e. The number of hydrogen-bond donors (Lipinski definition) is 0. The zero-order valence-corrected chi connectivity index (χ0v) is 8.35. The lowest BCUT2D eigenvalue weighted by atomic mass is 9.87. The van der Waals surface area contributed by atoms with Crippen molar-refractivity contribution in [3.63, 3.8) is 0 Å². The molecule has 0 bridgehead atoms. The molecule has 13 heavy (non-hydrogen) atoms. The number of carbonyl (C=O) groups excluding carboxylic acids is 1. The molecule has 1 aliphatic carbocycles. The third kappa shape index (κ3) is 1.89. The first-order valence-electron chi connectivity index (χ1n) is 4.47. The lowest BCUT2D eigenvalue weighted by Gasteiger charge is -2.16. The molecule has 1 rings (SSSR count). The summed E-state index contributed by atoms with van der Waals surface area (Å²) in [6.07, 6.45) is 7.68. The molecule has 0 aromatic carbocycles. The van der Waals surface area contributed by atoms with Gasteiger partial charge in [-0.1, -0.05) is 19.8 Å². The van der Waals surface area contributed by atoms with Gasteiger partial charge in [0.25, 0.3) is 0 Å². The zero-order chi connectivity index (χ0) is 10.0. The van der Waals surface area contributed by atoms with Crippen LogP contribution in [-0.4, -0.2) is 5.78 Å². The molecular formula is C12H14O. The van der Waals surface area contributed by atoms with Crippen molar-refractivity contribution in [2.24, 2.45) is 5.92 Å². The fourth-order valence-electron chi connectivity index (χ4n) is 1.45. The maximum Gasteiger partial charge on any atom is 0.163 e. The second-order valence-corrected chi connectivity index (χ2v) is 3.69. The topological polar surface area (TPSA) is 17.1 Å². The lowest BCUT2D eigenvalue weighted by Crippen LogP contribution is -2.13. The molecule has 0 saturated carbocycles. The van der Waals surface area contributed by atoms with Gasteiger partial charge in [0.1, 0.15) is 0 Å². The normalized spacial score (nSPS) is 17.5. The molecule has 1 nitrogen and oxygen atoms in total. The molecule has 0 radical (unpaired) electrons. The van der Waals surface area contributed by atoms with Gasteiger partial charge in [0.05, 0.1) is 0 Å². The Kier molecular flexibility index (Phi) is 2.72. The SMILES string of the molecule is C#CC1=C(C)CC(=O)C(C(C)C)=C1. The van der Waals surface area contributed by atoms with E-state index in [1.165, 1.54) is 0 Å². The summed E-state index contributed by atoms with van der Waals surface area (Å²) in [6.45, 7) is 5.94. The molecule has 0 unspecified atom stereocenters. The largest absolute Gasteiger partial charge is 0.294 e. The number of hydrogen-bond acceptors (Lipinski definition) is 1. The van der Waals surface area contributed by atoms with Gasteiger partial charge in [-0.05, 0) is 30.1 Å². The molecule has 0 aromatic rings. The van der Waals surface area contributed by atoms with Gasteiger partial charge in [-0.2, -0.15) is 0 Å². The molecule has 1 heteroatoms. The Bertz CT molecular complexity index is 335. The standard InChI is InChI=1S/C12H14O/c1-5-10-7-11(8(2)3)12(13)6-9(10)4/h1,7-8H,6H2,2-4H3. The molecule has 0 aromatic heterocycles. The number of ketones is 1. The van der Waals surface area contributed by atoms with Gasteiger partial charge in [-0.3, -0.25) is 4.79 Å². The zero-order valence-electron chi connectivity index (χ0n) is 8.35. The summed E-state index contributed by atoms with van der Waals surface area (Å²) in [5.41, 5.74) is 2.75. The van der Waals surface area contributed by atoms with Crippen LogP contribution in [0.15, 0.2) is 22.8 Å². The van der Waals surface area contributed by atoms with Crippen molar-refractivity contribution >= 4 is 5.78 Å². The Balaban J connectivity index is 3.11. The fraction of sp³-hybridized carbons (Fsp3) is 0.417. The van der Waals surface area contributed by atoms with E-state index in [9.17, 15) is 4.79 Å². The van der Waals surface area contributed by atoms with Crippen LogP contribution in [0.2, 0.25) is 0 Å². The molecular weight excluding hydrogens is 160 g/mol. The molecule has 0 spiro atoms. The maximum absolute atomic E-state index is 11.5. The second kappa shape index (κ2) is 3.62. The van der Waals surface area contributed by atoms with E-state index in [0.717, 1.165) is 16.7 Å². The molecule has 0 N–H and O–H groups in total. The molecule has 0 amide bonds. The van der Waals surface area contributed by atoms with E-state index in [4.69, 9.17) is 6.42 Å². The molecule has 0 saturated heterocycles. The summed E-state index contributed by atoms with van der Waals surface area (Å²) >= 11 is 0. The van der Waals surface area contributed by atoms with E-state index >= 15 is 0 Å². The van der Waals surface area contributed by atoms with Crippen LogP contribution in [0.1, 0.15) is 27.2 Å². The van der Waals surface area contributed by atoms with Crippen LogP contribution >= 0.6 is 0 Å². The highest BCUT2D eigenvalue weighted by molar-refractivity contribution is 5.99. The minimum atomic E-state index is 0.214. The first-order valence-corrected chi connectivity index (χ1v) is 4.47. The van der Waals surface area contributed by atoms with Crippen LogP contribution in [0.5, 0.6) is 0 Å². The molecule has 0 aliphatic heterocycles. The lowest BCUT2D eigenvalue weighted by molar-refractivity contribution is -0.115. The Morgan fingerprint density at radius 1 is 1.54 bits per heavy atom. The molecule has 0 heterocycles. The van der Waals surface area contributed by atoms with E-state index in [-0.39, 0.29) is 11.7 Å². The van der Waals surface area contributed by atoms with Crippen molar-refractivity contribution < 1.29 is 4.79 Å². The minimum Gasteiger partial charge on any atom is -0.294 e. The van der Waals surface area contributed by atoms with Crippen molar-refractivity contribution in [3.05, 3.63) is 22.8 Å². The summed E-state index contributed by atoms with van der Waals surface area (Å²) in [4.78, 5) is 11.5. The van der Waals surface area contributed by atoms with Gasteiger partial charge in [0.2, 0.25) is 0 Å². The van der Waals surface area contributed by atoms with Crippen molar-refractivity contribution in [1.82, 2.24) is 0 Å². The van der Waals surface area contributed by atoms with Crippen LogP contribution in [0.25, 0.3) is 0 Å². The van der Waals surface area contributed by atoms with E-state index in [2.05, 4.69) is 5.92 Å². The third-order valence-electron chi connectivity index (χ3n) is 2.28. The van der Waals surface area contributed by atoms with Gasteiger partial charge in [0.15, 0.2) is 5.78 Å². The van der Waals surface area contributed by atoms with E-state index in [1.807, 2.05) is 26.8 Å². The minimum absolute atomic E-state index is 0.214. The Morgan fingerprint density at radius 2 is 2.15 bits per heavy atom. The highest BCUT2D eigenvalue weighted by atomic mass is 16.1. The van der Waals surface area contributed by atoms with Gasteiger partial charge in [-0.25, -0.2) is 0 Å². The van der Waals surface area contributed by atoms with Crippen molar-refractivity contribution in [2.45, 2.75) is 27.2 Å². The number of carbonyl (C=O) groups is 1. The number of allylic oxidation sites excluding steroid dienone is 4. The molecule has 0 fully saturated rings. The summed E-state index contributed by atoms with van der Waals surface area (Å²) in [5, 5.41) is 0.